The zero-order valence-corrected chi connectivity index (χ0v) is 29.9. The first-order valence-corrected chi connectivity index (χ1v) is 18.2. The molecule has 0 aliphatic carbocycles. The third-order valence-corrected chi connectivity index (χ3v) is 10.0. The Morgan fingerprint density at radius 2 is 0.852 bits per heavy atom. The van der Waals surface area contributed by atoms with Crippen LogP contribution in [0.2, 0.25) is 0 Å². The lowest BCUT2D eigenvalue weighted by molar-refractivity contribution is 0.416. The van der Waals surface area contributed by atoms with Crippen LogP contribution in [0.5, 0.6) is 5.75 Å². The molecular formula is C51H36N2O. The van der Waals surface area contributed by atoms with E-state index in [9.17, 15) is 0 Å². The second kappa shape index (κ2) is 14.5. The van der Waals surface area contributed by atoms with Gasteiger partial charge in [0.2, 0.25) is 0 Å². The highest BCUT2D eigenvalue weighted by atomic mass is 16.5. The van der Waals surface area contributed by atoms with E-state index in [1.807, 2.05) is 36.4 Å². The summed E-state index contributed by atoms with van der Waals surface area (Å²) in [5.74, 6) is 1.53. The number of fused-ring (bicyclic) bond motifs is 1. The van der Waals surface area contributed by atoms with Crippen LogP contribution in [0.1, 0.15) is 0 Å². The van der Waals surface area contributed by atoms with Gasteiger partial charge in [-0.3, -0.25) is 0 Å². The fourth-order valence-corrected chi connectivity index (χ4v) is 7.29. The molecule has 9 rings (SSSR count). The van der Waals surface area contributed by atoms with E-state index in [-0.39, 0.29) is 0 Å². The minimum Gasteiger partial charge on any atom is -0.496 e. The normalized spacial score (nSPS) is 11.1. The molecule has 0 bridgehead atoms. The summed E-state index contributed by atoms with van der Waals surface area (Å²) >= 11 is 0. The van der Waals surface area contributed by atoms with E-state index in [1.54, 1.807) is 7.11 Å². The molecule has 0 unspecified atom stereocenters. The van der Waals surface area contributed by atoms with Gasteiger partial charge in [0.15, 0.2) is 5.82 Å². The quantitative estimate of drug-likeness (QED) is 0.159. The van der Waals surface area contributed by atoms with Crippen molar-refractivity contribution in [1.82, 2.24) is 9.97 Å². The van der Waals surface area contributed by atoms with E-state index in [4.69, 9.17) is 14.7 Å². The van der Waals surface area contributed by atoms with Crippen molar-refractivity contribution in [3.05, 3.63) is 200 Å². The highest BCUT2D eigenvalue weighted by molar-refractivity contribution is 6.03. The summed E-state index contributed by atoms with van der Waals surface area (Å²) in [6.45, 7) is 0. The van der Waals surface area contributed by atoms with Gasteiger partial charge in [0.1, 0.15) is 5.75 Å². The lowest BCUT2D eigenvalue weighted by atomic mass is 9.88. The summed E-state index contributed by atoms with van der Waals surface area (Å²) in [6, 6.07) is 70.2. The molecule has 1 heterocycles. The van der Waals surface area contributed by atoms with Crippen molar-refractivity contribution in [2.75, 3.05) is 7.11 Å². The minimum absolute atomic E-state index is 0.706. The molecule has 3 nitrogen and oxygen atoms in total. The van der Waals surface area contributed by atoms with Gasteiger partial charge in [0.05, 0.1) is 18.5 Å². The van der Waals surface area contributed by atoms with Crippen molar-refractivity contribution < 1.29 is 4.74 Å². The third kappa shape index (κ3) is 6.44. The lowest BCUT2D eigenvalue weighted by Crippen LogP contribution is -1.96. The van der Waals surface area contributed by atoms with Crippen LogP contribution in [0.25, 0.3) is 89.2 Å². The maximum Gasteiger partial charge on any atom is 0.160 e. The molecule has 0 fully saturated rings. The van der Waals surface area contributed by atoms with Crippen LogP contribution in [0.4, 0.5) is 0 Å². The fourth-order valence-electron chi connectivity index (χ4n) is 7.29. The number of benzene rings is 8. The molecule has 54 heavy (non-hydrogen) atoms. The standard InChI is InChI=1S/C51H36N2O/c1-54-50-30-29-40(35-25-27-38(28-26-35)49-34-48(37-17-7-3-8-18-37)52-51(53-49)39-19-9-4-10-20-39)32-46(50)42-31-41-21-11-12-23-44(41)47(33-42)45-24-14-13-22-43(45)36-15-5-2-6-16-36/h2-34H,1H3. The Balaban J connectivity index is 1.12. The van der Waals surface area contributed by atoms with Gasteiger partial charge >= 0.3 is 0 Å². The summed E-state index contributed by atoms with van der Waals surface area (Å²) in [5.41, 5.74) is 14.0. The van der Waals surface area contributed by atoms with Gasteiger partial charge in [-0.15, -0.1) is 0 Å². The van der Waals surface area contributed by atoms with Gasteiger partial charge in [0.25, 0.3) is 0 Å². The molecule has 0 aliphatic rings. The molecule has 0 atom stereocenters. The van der Waals surface area contributed by atoms with Gasteiger partial charge in [-0.2, -0.15) is 0 Å². The van der Waals surface area contributed by atoms with Crippen molar-refractivity contribution >= 4 is 10.8 Å². The minimum atomic E-state index is 0.706. The molecule has 256 valence electrons. The zero-order chi connectivity index (χ0) is 36.3. The third-order valence-electron chi connectivity index (χ3n) is 10.0. The Morgan fingerprint density at radius 3 is 1.54 bits per heavy atom. The summed E-state index contributed by atoms with van der Waals surface area (Å²) in [6.07, 6.45) is 0. The van der Waals surface area contributed by atoms with Gasteiger partial charge in [-0.05, 0) is 80.0 Å². The topological polar surface area (TPSA) is 35.0 Å². The Bertz CT molecular complexity index is 2670. The highest BCUT2D eigenvalue weighted by Gasteiger charge is 2.16. The molecule has 1 aromatic heterocycles. The van der Waals surface area contributed by atoms with Crippen molar-refractivity contribution in [2.45, 2.75) is 0 Å². The van der Waals surface area contributed by atoms with E-state index < -0.39 is 0 Å². The van der Waals surface area contributed by atoms with Crippen LogP contribution in [-0.2, 0) is 0 Å². The average Bonchev–Trinajstić information content (AvgIpc) is 3.26. The smallest absolute Gasteiger partial charge is 0.160 e. The van der Waals surface area contributed by atoms with Crippen molar-refractivity contribution in [3.63, 3.8) is 0 Å². The summed E-state index contributed by atoms with van der Waals surface area (Å²) < 4.78 is 6.00. The summed E-state index contributed by atoms with van der Waals surface area (Å²) in [7, 11) is 1.75. The molecule has 9 aromatic rings. The molecule has 0 aliphatic heterocycles. The monoisotopic (exact) mass is 692 g/mol. The van der Waals surface area contributed by atoms with Crippen molar-refractivity contribution in [3.8, 4) is 84.2 Å². The first kappa shape index (κ1) is 32.8. The number of aromatic nitrogens is 2. The Kier molecular flexibility index (Phi) is 8.80. The SMILES string of the molecule is COc1ccc(-c2ccc(-c3cc(-c4ccccc4)nc(-c4ccccc4)n3)cc2)cc1-c1cc(-c2ccccc2-c2ccccc2)c2ccccc2c1. The van der Waals surface area contributed by atoms with Gasteiger partial charge in [-0.1, -0.05) is 170 Å². The van der Waals surface area contributed by atoms with Crippen LogP contribution in [0.15, 0.2) is 200 Å². The van der Waals surface area contributed by atoms with Gasteiger partial charge in [0, 0.05) is 22.3 Å². The Labute approximate surface area is 315 Å². The van der Waals surface area contributed by atoms with E-state index in [0.717, 1.165) is 56.1 Å². The van der Waals surface area contributed by atoms with Crippen LogP contribution < -0.4 is 4.74 Å². The van der Waals surface area contributed by atoms with E-state index in [0.29, 0.717) is 5.82 Å². The Hall–Kier alpha value is -7.10. The van der Waals surface area contributed by atoms with Crippen molar-refractivity contribution in [1.29, 1.82) is 0 Å². The second-order valence-corrected chi connectivity index (χ2v) is 13.3. The number of ether oxygens (including phenoxy) is 1. The molecule has 0 spiro atoms. The number of methoxy groups -OCH3 is 1. The largest absolute Gasteiger partial charge is 0.496 e. The molecule has 0 N–H and O–H groups in total. The fraction of sp³-hybridized carbons (Fsp3) is 0.0196. The molecule has 0 saturated heterocycles. The van der Waals surface area contributed by atoms with E-state index >= 15 is 0 Å². The van der Waals surface area contributed by atoms with Crippen molar-refractivity contribution in [2.24, 2.45) is 0 Å². The van der Waals surface area contributed by atoms with E-state index in [2.05, 4.69) is 164 Å². The molecule has 0 radical (unpaired) electrons. The highest BCUT2D eigenvalue weighted by Crippen LogP contribution is 2.42. The number of nitrogens with zero attached hydrogens (tertiary/aromatic N) is 2. The van der Waals surface area contributed by atoms with Crippen LogP contribution in [-0.4, -0.2) is 17.1 Å². The average molecular weight is 693 g/mol. The first-order valence-electron chi connectivity index (χ1n) is 18.2. The molecule has 8 aromatic carbocycles. The van der Waals surface area contributed by atoms with Gasteiger partial charge in [-0.25, -0.2) is 9.97 Å². The lowest BCUT2D eigenvalue weighted by Gasteiger charge is -2.17. The maximum absolute atomic E-state index is 6.00. The van der Waals surface area contributed by atoms with Crippen LogP contribution in [0.3, 0.4) is 0 Å². The van der Waals surface area contributed by atoms with Crippen LogP contribution in [0, 0.1) is 0 Å². The maximum atomic E-state index is 6.00. The summed E-state index contributed by atoms with van der Waals surface area (Å²) in [4.78, 5) is 10.00. The number of hydrogen-bond donors (Lipinski definition) is 0. The number of hydrogen-bond acceptors (Lipinski definition) is 3. The molecular weight excluding hydrogens is 657 g/mol. The summed E-state index contributed by atoms with van der Waals surface area (Å²) in [5, 5.41) is 2.39. The van der Waals surface area contributed by atoms with Gasteiger partial charge < -0.3 is 4.74 Å². The number of rotatable bonds is 8. The molecule has 0 amide bonds. The first-order chi connectivity index (χ1) is 26.7. The predicted octanol–water partition coefficient (Wildman–Crippen LogP) is 13.3. The zero-order valence-electron chi connectivity index (χ0n) is 29.9. The predicted molar refractivity (Wildman–Crippen MR) is 224 cm³/mol. The Morgan fingerprint density at radius 1 is 0.333 bits per heavy atom. The molecule has 3 heteroatoms. The second-order valence-electron chi connectivity index (χ2n) is 13.3. The molecule has 0 saturated carbocycles. The van der Waals surface area contributed by atoms with Crippen LogP contribution >= 0.6 is 0 Å². The van der Waals surface area contributed by atoms with E-state index in [1.165, 1.54) is 33.0 Å².